The highest BCUT2D eigenvalue weighted by atomic mass is 35.5. The molecule has 0 spiro atoms. The molecule has 0 aliphatic carbocycles. The van der Waals surface area contributed by atoms with Crippen molar-refractivity contribution in [1.29, 1.82) is 0 Å². The lowest BCUT2D eigenvalue weighted by molar-refractivity contribution is -0.121. The summed E-state index contributed by atoms with van der Waals surface area (Å²) < 4.78 is 0. The summed E-state index contributed by atoms with van der Waals surface area (Å²) >= 11 is 11.7. The molecule has 4 heteroatoms. The molecule has 0 aliphatic rings. The van der Waals surface area contributed by atoms with Crippen LogP contribution in [0.2, 0.25) is 10.0 Å². The van der Waals surface area contributed by atoms with Gasteiger partial charge in [-0.1, -0.05) is 30.1 Å². The minimum Gasteiger partial charge on any atom is -0.352 e. The lowest BCUT2D eigenvalue weighted by Gasteiger charge is -2.05. The molecule has 0 heterocycles. The number of carbonyl (C=O) groups excluding carboxylic acids is 1. The van der Waals surface area contributed by atoms with Crippen LogP contribution in [0.5, 0.6) is 0 Å². The van der Waals surface area contributed by atoms with Gasteiger partial charge < -0.3 is 5.32 Å². The first-order valence-electron chi connectivity index (χ1n) is 4.83. The molecule has 2 nitrogen and oxygen atoms in total. The third kappa shape index (κ3) is 4.54. The maximum Gasteiger partial charge on any atom is 0.220 e. The Morgan fingerprint density at radius 1 is 1.27 bits per heavy atom. The van der Waals surface area contributed by atoms with Crippen LogP contribution in [0.1, 0.15) is 25.3 Å². The molecule has 0 fully saturated rings. The van der Waals surface area contributed by atoms with Crippen molar-refractivity contribution in [2.75, 3.05) is 0 Å². The quantitative estimate of drug-likeness (QED) is 0.866. The number of hydrogen-bond donors (Lipinski definition) is 1. The van der Waals surface area contributed by atoms with E-state index in [1.54, 1.807) is 18.2 Å². The van der Waals surface area contributed by atoms with Gasteiger partial charge in [0.1, 0.15) is 0 Å². The highest BCUT2D eigenvalue weighted by molar-refractivity contribution is 6.34. The van der Waals surface area contributed by atoms with Crippen molar-refractivity contribution < 1.29 is 4.79 Å². The van der Waals surface area contributed by atoms with Crippen LogP contribution in [-0.2, 0) is 11.3 Å². The summed E-state index contributed by atoms with van der Waals surface area (Å²) in [5, 5.41) is 3.97. The highest BCUT2D eigenvalue weighted by Gasteiger charge is 2.01. The predicted molar refractivity (Wildman–Crippen MR) is 63.2 cm³/mol. The number of rotatable bonds is 4. The molecular weight excluding hydrogens is 233 g/mol. The molecule has 1 N–H and O–H groups in total. The number of amides is 1. The normalized spacial score (nSPS) is 10.1. The van der Waals surface area contributed by atoms with Gasteiger partial charge in [0.05, 0.1) is 0 Å². The molecule has 1 amide bonds. The molecule has 0 radical (unpaired) electrons. The van der Waals surface area contributed by atoms with Gasteiger partial charge in [0.2, 0.25) is 5.91 Å². The Labute approximate surface area is 99.6 Å². The first kappa shape index (κ1) is 12.3. The summed E-state index contributed by atoms with van der Waals surface area (Å²) in [4.78, 5) is 11.2. The van der Waals surface area contributed by atoms with E-state index in [1.165, 1.54) is 0 Å². The average molecular weight is 246 g/mol. The molecule has 15 heavy (non-hydrogen) atoms. The van der Waals surface area contributed by atoms with Crippen molar-refractivity contribution in [3.8, 4) is 0 Å². The van der Waals surface area contributed by atoms with E-state index in [1.807, 2.05) is 6.92 Å². The summed E-state index contributed by atoms with van der Waals surface area (Å²) in [7, 11) is 0. The van der Waals surface area contributed by atoms with E-state index in [9.17, 15) is 4.79 Å². The van der Waals surface area contributed by atoms with Crippen LogP contribution >= 0.6 is 23.2 Å². The van der Waals surface area contributed by atoms with E-state index in [0.717, 1.165) is 12.0 Å². The minimum atomic E-state index is 0.0496. The van der Waals surface area contributed by atoms with Gasteiger partial charge in [0.15, 0.2) is 0 Å². The van der Waals surface area contributed by atoms with Gasteiger partial charge in [-0.3, -0.25) is 4.79 Å². The van der Waals surface area contributed by atoms with Crippen LogP contribution in [0.15, 0.2) is 18.2 Å². The first-order valence-corrected chi connectivity index (χ1v) is 5.59. The summed E-state index contributed by atoms with van der Waals surface area (Å²) in [6.07, 6.45) is 1.40. The fraction of sp³-hybridized carbons (Fsp3) is 0.364. The minimum absolute atomic E-state index is 0.0496. The van der Waals surface area contributed by atoms with Crippen molar-refractivity contribution in [2.45, 2.75) is 26.3 Å². The van der Waals surface area contributed by atoms with Gasteiger partial charge in [-0.05, 0) is 30.2 Å². The molecule has 0 saturated carbocycles. The summed E-state index contributed by atoms with van der Waals surface area (Å²) in [5.74, 6) is 0.0496. The Hall–Kier alpha value is -0.730. The largest absolute Gasteiger partial charge is 0.352 e. The monoisotopic (exact) mass is 245 g/mol. The summed E-state index contributed by atoms with van der Waals surface area (Å²) in [6, 6.07) is 5.25. The van der Waals surface area contributed by atoms with Crippen molar-refractivity contribution in [2.24, 2.45) is 0 Å². The Morgan fingerprint density at radius 2 is 1.87 bits per heavy atom. The van der Waals surface area contributed by atoms with Gasteiger partial charge in [0, 0.05) is 23.0 Å². The number of hydrogen-bond acceptors (Lipinski definition) is 1. The average Bonchev–Trinajstić information content (AvgIpc) is 2.14. The first-order chi connectivity index (χ1) is 7.11. The van der Waals surface area contributed by atoms with Crippen LogP contribution in [-0.4, -0.2) is 5.91 Å². The second kappa shape index (κ2) is 5.99. The van der Waals surface area contributed by atoms with Gasteiger partial charge in [-0.2, -0.15) is 0 Å². The highest BCUT2D eigenvalue weighted by Crippen LogP contribution is 2.18. The molecule has 82 valence electrons. The lowest BCUT2D eigenvalue weighted by Crippen LogP contribution is -2.22. The standard InChI is InChI=1S/C11H13Cl2NO/c1-2-3-11(15)14-7-8-4-9(12)6-10(13)5-8/h4-6H,2-3,7H2,1H3,(H,14,15). The molecule has 1 aromatic rings. The molecule has 0 unspecified atom stereocenters. The van der Waals surface area contributed by atoms with E-state index in [-0.39, 0.29) is 5.91 Å². The molecule has 0 atom stereocenters. The topological polar surface area (TPSA) is 29.1 Å². The van der Waals surface area contributed by atoms with Crippen LogP contribution in [0, 0.1) is 0 Å². The van der Waals surface area contributed by atoms with Crippen LogP contribution in [0.4, 0.5) is 0 Å². The third-order valence-corrected chi connectivity index (χ3v) is 2.33. The van der Waals surface area contributed by atoms with E-state index in [4.69, 9.17) is 23.2 Å². The maximum absolute atomic E-state index is 11.2. The second-order valence-electron chi connectivity index (χ2n) is 3.30. The van der Waals surface area contributed by atoms with Gasteiger partial charge in [-0.15, -0.1) is 0 Å². The molecule has 0 aliphatic heterocycles. The zero-order chi connectivity index (χ0) is 11.3. The second-order valence-corrected chi connectivity index (χ2v) is 4.18. The molecule has 1 rings (SSSR count). The zero-order valence-corrected chi connectivity index (χ0v) is 10.0. The van der Waals surface area contributed by atoms with E-state index >= 15 is 0 Å². The lowest BCUT2D eigenvalue weighted by atomic mass is 10.2. The molecule has 0 aromatic heterocycles. The Morgan fingerprint density at radius 3 is 2.40 bits per heavy atom. The Balaban J connectivity index is 2.54. The molecule has 0 bridgehead atoms. The van der Waals surface area contributed by atoms with E-state index in [0.29, 0.717) is 23.0 Å². The predicted octanol–water partition coefficient (Wildman–Crippen LogP) is 3.41. The van der Waals surface area contributed by atoms with Crippen molar-refractivity contribution >= 4 is 29.1 Å². The zero-order valence-electron chi connectivity index (χ0n) is 8.52. The van der Waals surface area contributed by atoms with Crippen molar-refractivity contribution in [1.82, 2.24) is 5.32 Å². The molecule has 0 saturated heterocycles. The van der Waals surface area contributed by atoms with E-state index < -0.39 is 0 Å². The number of halogens is 2. The SMILES string of the molecule is CCCC(=O)NCc1cc(Cl)cc(Cl)c1. The Bertz CT molecular complexity index is 332. The van der Waals surface area contributed by atoms with Crippen molar-refractivity contribution in [3.63, 3.8) is 0 Å². The molecular formula is C11H13Cl2NO. The van der Waals surface area contributed by atoms with Crippen LogP contribution in [0.25, 0.3) is 0 Å². The summed E-state index contributed by atoms with van der Waals surface area (Å²) in [6.45, 7) is 2.44. The fourth-order valence-electron chi connectivity index (χ4n) is 1.23. The van der Waals surface area contributed by atoms with E-state index in [2.05, 4.69) is 5.32 Å². The summed E-state index contributed by atoms with van der Waals surface area (Å²) in [5.41, 5.74) is 0.914. The van der Waals surface area contributed by atoms with Gasteiger partial charge >= 0.3 is 0 Å². The molecule has 1 aromatic carbocycles. The Kier molecular flexibility index (Phi) is 4.92. The van der Waals surface area contributed by atoms with Crippen LogP contribution < -0.4 is 5.32 Å². The number of carbonyl (C=O) groups is 1. The number of benzene rings is 1. The van der Waals surface area contributed by atoms with Crippen LogP contribution in [0.3, 0.4) is 0 Å². The third-order valence-electron chi connectivity index (χ3n) is 1.89. The fourth-order valence-corrected chi connectivity index (χ4v) is 1.80. The number of nitrogens with one attached hydrogen (secondary N) is 1. The van der Waals surface area contributed by atoms with Gasteiger partial charge in [0.25, 0.3) is 0 Å². The van der Waals surface area contributed by atoms with Gasteiger partial charge in [-0.25, -0.2) is 0 Å². The smallest absolute Gasteiger partial charge is 0.220 e. The van der Waals surface area contributed by atoms with Crippen molar-refractivity contribution in [3.05, 3.63) is 33.8 Å². The maximum atomic E-state index is 11.2.